The molecule has 0 saturated carbocycles. The molecule has 0 amide bonds. The Balaban J connectivity index is 1.92. The highest BCUT2D eigenvalue weighted by atomic mass is 16.3. The lowest BCUT2D eigenvalue weighted by Crippen LogP contribution is -2.29. The number of benzene rings is 1. The third kappa shape index (κ3) is 3.71. The van der Waals surface area contributed by atoms with Crippen molar-refractivity contribution in [3.8, 4) is 0 Å². The van der Waals surface area contributed by atoms with Crippen LogP contribution in [0.25, 0.3) is 0 Å². The summed E-state index contributed by atoms with van der Waals surface area (Å²) >= 11 is 0. The standard InChI is InChI=1S/C16H26N2O/c1-16(2,3)13-7-8-18(10-13)11-15(19)12-5-4-6-14(17)9-12/h4-6,9,13,15,19H,7-8,10-11,17H2,1-3H3. The van der Waals surface area contributed by atoms with Crippen molar-refractivity contribution in [3.05, 3.63) is 29.8 Å². The van der Waals surface area contributed by atoms with Crippen LogP contribution in [0.1, 0.15) is 38.9 Å². The SMILES string of the molecule is CC(C)(C)C1CCN(CC(O)c2cccc(N)c2)C1. The molecule has 1 aromatic rings. The number of nitrogens with two attached hydrogens (primary N) is 1. The van der Waals surface area contributed by atoms with Crippen molar-refractivity contribution < 1.29 is 5.11 Å². The Morgan fingerprint density at radius 2 is 2.16 bits per heavy atom. The number of nitrogens with zero attached hydrogens (tertiary/aromatic N) is 1. The average Bonchev–Trinajstić information content (AvgIpc) is 2.77. The quantitative estimate of drug-likeness (QED) is 0.823. The molecule has 0 aliphatic carbocycles. The Bertz CT molecular complexity index is 425. The molecule has 3 nitrogen and oxygen atoms in total. The predicted molar refractivity (Wildman–Crippen MR) is 79.8 cm³/mol. The van der Waals surface area contributed by atoms with Gasteiger partial charge in [-0.3, -0.25) is 0 Å². The van der Waals surface area contributed by atoms with E-state index in [0.717, 1.165) is 24.6 Å². The minimum atomic E-state index is -0.442. The minimum absolute atomic E-state index is 0.358. The van der Waals surface area contributed by atoms with Crippen LogP contribution in [0.4, 0.5) is 5.69 Å². The van der Waals surface area contributed by atoms with Crippen LogP contribution in [0.3, 0.4) is 0 Å². The van der Waals surface area contributed by atoms with Crippen molar-refractivity contribution >= 4 is 5.69 Å². The van der Waals surface area contributed by atoms with E-state index in [1.54, 1.807) is 0 Å². The number of nitrogen functional groups attached to an aromatic ring is 1. The van der Waals surface area contributed by atoms with E-state index in [0.29, 0.717) is 17.6 Å². The molecule has 3 heteroatoms. The molecule has 3 N–H and O–H groups in total. The smallest absolute Gasteiger partial charge is 0.0917 e. The molecule has 0 aromatic heterocycles. The van der Waals surface area contributed by atoms with Gasteiger partial charge in [0.1, 0.15) is 0 Å². The summed E-state index contributed by atoms with van der Waals surface area (Å²) in [5, 5.41) is 10.3. The highest BCUT2D eigenvalue weighted by Gasteiger charge is 2.32. The Labute approximate surface area is 116 Å². The fourth-order valence-corrected chi connectivity index (χ4v) is 2.82. The Kier molecular flexibility index (Phi) is 4.16. The van der Waals surface area contributed by atoms with Crippen molar-refractivity contribution in [2.24, 2.45) is 11.3 Å². The summed E-state index contributed by atoms with van der Waals surface area (Å²) in [6.07, 6.45) is 0.787. The molecule has 1 heterocycles. The Morgan fingerprint density at radius 3 is 2.74 bits per heavy atom. The van der Waals surface area contributed by atoms with Crippen LogP contribution in [0.5, 0.6) is 0 Å². The molecule has 1 aromatic carbocycles. The molecule has 2 atom stereocenters. The molecular formula is C16H26N2O. The van der Waals surface area contributed by atoms with Crippen LogP contribution in [0.15, 0.2) is 24.3 Å². The van der Waals surface area contributed by atoms with E-state index >= 15 is 0 Å². The second-order valence-corrected chi connectivity index (χ2v) is 6.80. The Hall–Kier alpha value is -1.06. The van der Waals surface area contributed by atoms with Crippen molar-refractivity contribution in [1.82, 2.24) is 4.90 Å². The van der Waals surface area contributed by atoms with Gasteiger partial charge in [-0.15, -0.1) is 0 Å². The second-order valence-electron chi connectivity index (χ2n) is 6.80. The van der Waals surface area contributed by atoms with E-state index in [1.165, 1.54) is 6.42 Å². The van der Waals surface area contributed by atoms with Gasteiger partial charge < -0.3 is 15.7 Å². The maximum absolute atomic E-state index is 10.3. The summed E-state index contributed by atoms with van der Waals surface area (Å²) in [5.74, 6) is 0.723. The Morgan fingerprint density at radius 1 is 1.42 bits per heavy atom. The van der Waals surface area contributed by atoms with Gasteiger partial charge in [-0.2, -0.15) is 0 Å². The predicted octanol–water partition coefficient (Wildman–Crippen LogP) is 2.67. The van der Waals surface area contributed by atoms with Gasteiger partial charge in [0.05, 0.1) is 6.10 Å². The van der Waals surface area contributed by atoms with Crippen LogP contribution in [-0.4, -0.2) is 29.6 Å². The third-order valence-electron chi connectivity index (χ3n) is 4.22. The van der Waals surface area contributed by atoms with E-state index in [4.69, 9.17) is 5.73 Å². The maximum atomic E-state index is 10.3. The van der Waals surface area contributed by atoms with Gasteiger partial charge in [-0.05, 0) is 42.0 Å². The zero-order chi connectivity index (χ0) is 14.0. The lowest BCUT2D eigenvalue weighted by Gasteiger charge is -2.27. The summed E-state index contributed by atoms with van der Waals surface area (Å²) < 4.78 is 0. The van der Waals surface area contributed by atoms with E-state index in [1.807, 2.05) is 24.3 Å². The maximum Gasteiger partial charge on any atom is 0.0917 e. The molecule has 1 fully saturated rings. The molecule has 1 saturated heterocycles. The number of anilines is 1. The highest BCUT2D eigenvalue weighted by Crippen LogP contribution is 2.34. The van der Waals surface area contributed by atoms with E-state index in [9.17, 15) is 5.11 Å². The van der Waals surface area contributed by atoms with Gasteiger partial charge in [0.2, 0.25) is 0 Å². The van der Waals surface area contributed by atoms with Crippen molar-refractivity contribution in [1.29, 1.82) is 0 Å². The van der Waals surface area contributed by atoms with Crippen LogP contribution in [0, 0.1) is 11.3 Å². The van der Waals surface area contributed by atoms with Gasteiger partial charge in [0, 0.05) is 18.8 Å². The number of hydrogen-bond donors (Lipinski definition) is 2. The molecule has 0 spiro atoms. The summed E-state index contributed by atoms with van der Waals surface area (Å²) in [7, 11) is 0. The molecule has 0 bridgehead atoms. The summed E-state index contributed by atoms with van der Waals surface area (Å²) in [6.45, 7) is 9.78. The van der Waals surface area contributed by atoms with Gasteiger partial charge in [-0.1, -0.05) is 32.9 Å². The molecular weight excluding hydrogens is 236 g/mol. The largest absolute Gasteiger partial charge is 0.399 e. The third-order valence-corrected chi connectivity index (χ3v) is 4.22. The first kappa shape index (κ1) is 14.4. The number of hydrogen-bond acceptors (Lipinski definition) is 3. The van der Waals surface area contributed by atoms with Gasteiger partial charge >= 0.3 is 0 Å². The molecule has 1 aliphatic heterocycles. The van der Waals surface area contributed by atoms with Crippen molar-refractivity contribution in [3.63, 3.8) is 0 Å². The number of likely N-dealkylation sites (tertiary alicyclic amines) is 1. The van der Waals surface area contributed by atoms with Gasteiger partial charge in [0.25, 0.3) is 0 Å². The van der Waals surface area contributed by atoms with Crippen molar-refractivity contribution in [2.45, 2.75) is 33.3 Å². The summed E-state index contributed by atoms with van der Waals surface area (Å²) in [5.41, 5.74) is 7.75. The number of rotatable bonds is 3. The van der Waals surface area contributed by atoms with Crippen LogP contribution in [0.2, 0.25) is 0 Å². The van der Waals surface area contributed by atoms with Crippen LogP contribution < -0.4 is 5.73 Å². The first-order chi connectivity index (χ1) is 8.86. The van der Waals surface area contributed by atoms with Crippen LogP contribution >= 0.6 is 0 Å². The van der Waals surface area contributed by atoms with Crippen molar-refractivity contribution in [2.75, 3.05) is 25.4 Å². The minimum Gasteiger partial charge on any atom is -0.399 e. The number of aliphatic hydroxyl groups excluding tert-OH is 1. The normalized spacial score (nSPS) is 22.6. The lowest BCUT2D eigenvalue weighted by molar-refractivity contribution is 0.119. The fraction of sp³-hybridized carbons (Fsp3) is 0.625. The number of β-amino-alcohol motifs (C(OH)–C–C–N with tert-alkyl or cyclic N) is 1. The van der Waals surface area contributed by atoms with Crippen LogP contribution in [-0.2, 0) is 0 Å². The number of aliphatic hydroxyl groups is 1. The lowest BCUT2D eigenvalue weighted by atomic mass is 9.80. The first-order valence-corrected chi connectivity index (χ1v) is 7.12. The van der Waals surface area contributed by atoms with E-state index in [2.05, 4.69) is 25.7 Å². The first-order valence-electron chi connectivity index (χ1n) is 7.12. The molecule has 2 rings (SSSR count). The van der Waals surface area contributed by atoms with Gasteiger partial charge in [0.15, 0.2) is 0 Å². The molecule has 0 radical (unpaired) electrons. The molecule has 1 aliphatic rings. The average molecular weight is 262 g/mol. The topological polar surface area (TPSA) is 49.5 Å². The fourth-order valence-electron chi connectivity index (χ4n) is 2.82. The molecule has 19 heavy (non-hydrogen) atoms. The monoisotopic (exact) mass is 262 g/mol. The summed E-state index contributed by atoms with van der Waals surface area (Å²) in [6, 6.07) is 7.55. The van der Waals surface area contributed by atoms with E-state index < -0.39 is 6.10 Å². The highest BCUT2D eigenvalue weighted by molar-refractivity contribution is 5.41. The van der Waals surface area contributed by atoms with Gasteiger partial charge in [-0.25, -0.2) is 0 Å². The zero-order valence-electron chi connectivity index (χ0n) is 12.3. The molecule has 106 valence electrons. The zero-order valence-corrected chi connectivity index (χ0v) is 12.3. The second kappa shape index (κ2) is 5.51. The van der Waals surface area contributed by atoms with E-state index in [-0.39, 0.29) is 0 Å². The summed E-state index contributed by atoms with van der Waals surface area (Å²) in [4.78, 5) is 2.36. The molecule has 2 unspecified atom stereocenters.